The first-order valence-corrected chi connectivity index (χ1v) is 6.81. The average molecular weight is 268 g/mol. The minimum absolute atomic E-state index is 0.0523. The number of carboxylic acids is 1. The van der Waals surface area contributed by atoms with E-state index < -0.39 is 5.97 Å². The van der Waals surface area contributed by atoms with Crippen LogP contribution in [0.25, 0.3) is 0 Å². The van der Waals surface area contributed by atoms with Crippen LogP contribution in [-0.2, 0) is 11.2 Å². The summed E-state index contributed by atoms with van der Waals surface area (Å²) >= 11 is 0. The van der Waals surface area contributed by atoms with Crippen molar-refractivity contribution in [2.75, 3.05) is 6.54 Å². The number of rotatable bonds is 8. The topological polar surface area (TPSA) is 75.4 Å². The zero-order valence-corrected chi connectivity index (χ0v) is 12.2. The molecule has 0 aliphatic carbocycles. The largest absolute Gasteiger partial charge is 0.480 e. The quantitative estimate of drug-likeness (QED) is 0.758. The summed E-state index contributed by atoms with van der Waals surface area (Å²) in [6.07, 6.45) is 4.18. The predicted molar refractivity (Wildman–Crippen MR) is 73.2 cm³/mol. The van der Waals surface area contributed by atoms with Crippen LogP contribution in [0.5, 0.6) is 0 Å². The Morgan fingerprint density at radius 1 is 1.58 bits per heavy atom. The van der Waals surface area contributed by atoms with Crippen LogP contribution in [-0.4, -0.2) is 28.1 Å². The van der Waals surface area contributed by atoms with Gasteiger partial charge >= 0.3 is 5.97 Å². The van der Waals surface area contributed by atoms with Crippen LogP contribution in [0.15, 0.2) is 10.6 Å². The van der Waals surface area contributed by atoms with Crippen LogP contribution in [0, 0.1) is 0 Å². The smallest absolute Gasteiger partial charge is 0.317 e. The Hall–Kier alpha value is -1.36. The fourth-order valence-corrected chi connectivity index (χ4v) is 1.77. The summed E-state index contributed by atoms with van der Waals surface area (Å²) in [5, 5.41) is 11.8. The Kier molecular flexibility index (Phi) is 5.54. The summed E-state index contributed by atoms with van der Waals surface area (Å²) < 4.78 is 5.74. The number of aromatic nitrogens is 1. The molecule has 0 radical (unpaired) electrons. The van der Waals surface area contributed by atoms with Crippen molar-refractivity contribution in [1.29, 1.82) is 0 Å². The van der Waals surface area contributed by atoms with Gasteiger partial charge in [0, 0.05) is 17.9 Å². The number of carboxylic acid groups (broad SMARTS) is 1. The molecule has 19 heavy (non-hydrogen) atoms. The van der Waals surface area contributed by atoms with Gasteiger partial charge in [0.1, 0.15) is 5.76 Å². The molecule has 0 saturated carbocycles. The van der Waals surface area contributed by atoms with Crippen LogP contribution in [0.4, 0.5) is 0 Å². The van der Waals surface area contributed by atoms with E-state index in [4.69, 9.17) is 9.52 Å². The molecule has 108 valence electrons. The molecule has 0 aliphatic heterocycles. The van der Waals surface area contributed by atoms with Gasteiger partial charge in [-0.3, -0.25) is 4.79 Å². The Balaban J connectivity index is 2.69. The van der Waals surface area contributed by atoms with Crippen molar-refractivity contribution in [2.45, 2.75) is 58.4 Å². The molecule has 0 amide bonds. The van der Waals surface area contributed by atoms with E-state index in [0.29, 0.717) is 18.2 Å². The molecule has 0 bridgehead atoms. The fraction of sp³-hybridized carbons (Fsp3) is 0.714. The molecule has 5 heteroatoms. The summed E-state index contributed by atoms with van der Waals surface area (Å²) in [5.41, 5.74) is -0.310. The normalized spacial score (nSPS) is 16.0. The Morgan fingerprint density at radius 2 is 2.26 bits per heavy atom. The first kappa shape index (κ1) is 15.7. The second-order valence-corrected chi connectivity index (χ2v) is 5.30. The molecule has 0 aliphatic rings. The fourth-order valence-electron chi connectivity index (χ4n) is 1.77. The number of aliphatic carboxylic acids is 1. The van der Waals surface area contributed by atoms with E-state index >= 15 is 0 Å². The second kappa shape index (κ2) is 6.70. The Morgan fingerprint density at radius 3 is 2.79 bits per heavy atom. The van der Waals surface area contributed by atoms with Crippen LogP contribution < -0.4 is 5.32 Å². The lowest BCUT2D eigenvalue weighted by Gasteiger charge is -2.27. The molecule has 1 aromatic heterocycles. The monoisotopic (exact) mass is 268 g/mol. The van der Waals surface area contributed by atoms with Gasteiger partial charge in [-0.25, -0.2) is 4.98 Å². The number of hydrogen-bond acceptors (Lipinski definition) is 4. The van der Waals surface area contributed by atoms with Gasteiger partial charge in [-0.1, -0.05) is 20.8 Å². The van der Waals surface area contributed by atoms with E-state index in [1.165, 1.54) is 0 Å². The molecule has 5 nitrogen and oxygen atoms in total. The molecular formula is C14H24N2O3. The average Bonchev–Trinajstić information content (AvgIpc) is 2.83. The number of nitrogens with one attached hydrogen (secondary N) is 1. The molecule has 0 fully saturated rings. The van der Waals surface area contributed by atoms with Crippen molar-refractivity contribution in [1.82, 2.24) is 10.3 Å². The van der Waals surface area contributed by atoms with Crippen LogP contribution >= 0.6 is 0 Å². The van der Waals surface area contributed by atoms with E-state index in [-0.39, 0.29) is 12.1 Å². The summed E-state index contributed by atoms with van der Waals surface area (Å²) in [7, 11) is 0. The number of carbonyl (C=O) groups is 1. The first-order chi connectivity index (χ1) is 8.90. The molecule has 2 unspecified atom stereocenters. The molecule has 0 aromatic carbocycles. The third-order valence-corrected chi connectivity index (χ3v) is 3.66. The number of oxazole rings is 1. The van der Waals surface area contributed by atoms with E-state index in [1.54, 1.807) is 6.20 Å². The Labute approximate surface area is 114 Å². The Bertz CT molecular complexity index is 417. The van der Waals surface area contributed by atoms with Crippen molar-refractivity contribution in [3.05, 3.63) is 17.8 Å². The van der Waals surface area contributed by atoms with Gasteiger partial charge in [-0.2, -0.15) is 0 Å². The molecule has 0 saturated heterocycles. The van der Waals surface area contributed by atoms with Gasteiger partial charge in [0.05, 0.1) is 12.7 Å². The second-order valence-electron chi connectivity index (χ2n) is 5.30. The van der Waals surface area contributed by atoms with E-state index in [0.717, 1.165) is 18.6 Å². The lowest BCUT2D eigenvalue weighted by Crippen LogP contribution is -2.46. The van der Waals surface area contributed by atoms with Crippen molar-refractivity contribution < 1.29 is 14.3 Å². The molecule has 0 spiro atoms. The zero-order chi connectivity index (χ0) is 14.5. The van der Waals surface area contributed by atoms with E-state index in [1.807, 2.05) is 13.8 Å². The van der Waals surface area contributed by atoms with Gasteiger partial charge in [-0.05, 0) is 19.8 Å². The van der Waals surface area contributed by atoms with Crippen molar-refractivity contribution in [2.24, 2.45) is 0 Å². The molecule has 1 heterocycles. The zero-order valence-electron chi connectivity index (χ0n) is 12.2. The lowest BCUT2D eigenvalue weighted by molar-refractivity contribution is -0.136. The van der Waals surface area contributed by atoms with Gasteiger partial charge in [0.2, 0.25) is 0 Å². The maximum atomic E-state index is 10.6. The van der Waals surface area contributed by atoms with Crippen molar-refractivity contribution in [3.63, 3.8) is 0 Å². The summed E-state index contributed by atoms with van der Waals surface area (Å²) in [6.45, 7) is 8.17. The highest BCUT2D eigenvalue weighted by molar-refractivity contribution is 5.69. The highest BCUT2D eigenvalue weighted by atomic mass is 16.4. The summed E-state index contributed by atoms with van der Waals surface area (Å²) in [4.78, 5) is 14.9. The lowest BCUT2D eigenvalue weighted by atomic mass is 9.94. The minimum Gasteiger partial charge on any atom is -0.480 e. The molecule has 2 N–H and O–H groups in total. The van der Waals surface area contributed by atoms with E-state index in [2.05, 4.69) is 24.1 Å². The maximum absolute atomic E-state index is 10.6. The highest BCUT2D eigenvalue weighted by Gasteiger charge is 2.25. The van der Waals surface area contributed by atoms with Crippen LogP contribution in [0.3, 0.4) is 0 Å². The van der Waals surface area contributed by atoms with E-state index in [9.17, 15) is 4.79 Å². The standard InChI is InChI=1S/C14H24N2O3/c1-5-10(3)11-8-15-12(19-11)7-14(4,6-2)16-9-13(17)18/h8,10,16H,5-7,9H2,1-4H3,(H,17,18). The number of nitrogens with zero attached hydrogens (tertiary/aromatic N) is 1. The first-order valence-electron chi connectivity index (χ1n) is 6.81. The highest BCUT2D eigenvalue weighted by Crippen LogP contribution is 2.22. The molecule has 2 atom stereocenters. The molecule has 1 aromatic rings. The third-order valence-electron chi connectivity index (χ3n) is 3.66. The van der Waals surface area contributed by atoms with Gasteiger partial charge in [-0.15, -0.1) is 0 Å². The SMILES string of the molecule is CCC(C)c1cnc(CC(C)(CC)NCC(=O)O)o1. The van der Waals surface area contributed by atoms with Gasteiger partial charge in [0.15, 0.2) is 5.89 Å². The van der Waals surface area contributed by atoms with Crippen molar-refractivity contribution >= 4 is 5.97 Å². The minimum atomic E-state index is -0.854. The van der Waals surface area contributed by atoms with Crippen molar-refractivity contribution in [3.8, 4) is 0 Å². The molecular weight excluding hydrogens is 244 g/mol. The van der Waals surface area contributed by atoms with Crippen LogP contribution in [0.1, 0.15) is 58.1 Å². The number of hydrogen-bond donors (Lipinski definition) is 2. The third kappa shape index (κ3) is 4.67. The summed E-state index contributed by atoms with van der Waals surface area (Å²) in [5.74, 6) is 1.07. The van der Waals surface area contributed by atoms with Gasteiger partial charge < -0.3 is 14.8 Å². The maximum Gasteiger partial charge on any atom is 0.317 e. The summed E-state index contributed by atoms with van der Waals surface area (Å²) in [6, 6.07) is 0. The predicted octanol–water partition coefficient (Wildman–Crippen LogP) is 2.57. The van der Waals surface area contributed by atoms with Gasteiger partial charge in [0.25, 0.3) is 0 Å². The van der Waals surface area contributed by atoms with Crippen LogP contribution in [0.2, 0.25) is 0 Å². The molecule has 1 rings (SSSR count).